The highest BCUT2D eigenvalue weighted by molar-refractivity contribution is 5.44. The van der Waals surface area contributed by atoms with Crippen molar-refractivity contribution in [3.8, 4) is 0 Å². The molecule has 0 aliphatic carbocycles. The van der Waals surface area contributed by atoms with Crippen molar-refractivity contribution < 1.29 is 0 Å². The molecule has 108 valence electrons. The van der Waals surface area contributed by atoms with Crippen molar-refractivity contribution in [1.29, 1.82) is 0 Å². The van der Waals surface area contributed by atoms with E-state index < -0.39 is 0 Å². The largest absolute Gasteiger partial charge is 0.316 e. The van der Waals surface area contributed by atoms with E-state index in [0.717, 1.165) is 32.6 Å². The summed E-state index contributed by atoms with van der Waals surface area (Å²) in [5.74, 6) is 0. The second-order valence-electron chi connectivity index (χ2n) is 5.65. The van der Waals surface area contributed by atoms with E-state index in [-0.39, 0.29) is 0 Å². The lowest BCUT2D eigenvalue weighted by Crippen LogP contribution is -2.30. The van der Waals surface area contributed by atoms with Gasteiger partial charge in [-0.15, -0.1) is 0 Å². The molecule has 1 N–H and O–H groups in total. The van der Waals surface area contributed by atoms with E-state index in [1.807, 2.05) is 0 Å². The van der Waals surface area contributed by atoms with Gasteiger partial charge in [0.1, 0.15) is 0 Å². The number of likely N-dealkylation sites (N-methyl/N-ethyl adjacent to an activating group) is 2. The second kappa shape index (κ2) is 7.66. The second-order valence-corrected chi connectivity index (χ2v) is 5.65. The molecule has 0 heterocycles. The summed E-state index contributed by atoms with van der Waals surface area (Å²) in [5, 5.41) is 3.38. The number of rotatable bonds is 7. The van der Waals surface area contributed by atoms with Crippen molar-refractivity contribution in [3.63, 3.8) is 0 Å². The summed E-state index contributed by atoms with van der Waals surface area (Å²) in [6.45, 7) is 15.5. The SMILES string of the molecule is CCNCCN(C)CCc1c(C)c(C)cc(C)c1C. The van der Waals surface area contributed by atoms with Gasteiger partial charge in [0.25, 0.3) is 0 Å². The topological polar surface area (TPSA) is 15.3 Å². The van der Waals surface area contributed by atoms with Gasteiger partial charge in [0.2, 0.25) is 0 Å². The van der Waals surface area contributed by atoms with Gasteiger partial charge in [-0.25, -0.2) is 0 Å². The van der Waals surface area contributed by atoms with Crippen LogP contribution in [0.15, 0.2) is 6.07 Å². The highest BCUT2D eigenvalue weighted by Gasteiger charge is 2.09. The van der Waals surface area contributed by atoms with E-state index in [1.165, 1.54) is 22.3 Å². The van der Waals surface area contributed by atoms with Gasteiger partial charge in [0, 0.05) is 19.6 Å². The Morgan fingerprint density at radius 1 is 1.00 bits per heavy atom. The van der Waals surface area contributed by atoms with Gasteiger partial charge in [0.05, 0.1) is 0 Å². The van der Waals surface area contributed by atoms with Gasteiger partial charge in [-0.3, -0.25) is 0 Å². The molecule has 0 unspecified atom stereocenters. The first-order valence-corrected chi connectivity index (χ1v) is 7.42. The Kier molecular flexibility index (Phi) is 6.53. The van der Waals surface area contributed by atoms with Crippen molar-refractivity contribution >= 4 is 0 Å². The van der Waals surface area contributed by atoms with E-state index in [4.69, 9.17) is 0 Å². The first-order valence-electron chi connectivity index (χ1n) is 7.42. The minimum absolute atomic E-state index is 1.06. The molecule has 0 atom stereocenters. The van der Waals surface area contributed by atoms with E-state index >= 15 is 0 Å². The molecule has 0 bridgehead atoms. The number of nitrogens with one attached hydrogen (secondary N) is 1. The average Bonchev–Trinajstić information content (AvgIpc) is 2.37. The molecule has 19 heavy (non-hydrogen) atoms. The van der Waals surface area contributed by atoms with Crippen LogP contribution in [0.25, 0.3) is 0 Å². The lowest BCUT2D eigenvalue weighted by molar-refractivity contribution is 0.336. The van der Waals surface area contributed by atoms with Crippen molar-refractivity contribution in [1.82, 2.24) is 10.2 Å². The summed E-state index contributed by atoms with van der Waals surface area (Å²) >= 11 is 0. The Morgan fingerprint density at radius 2 is 1.58 bits per heavy atom. The van der Waals surface area contributed by atoms with E-state index in [2.05, 4.69) is 57.9 Å². The Balaban J connectivity index is 2.62. The summed E-state index contributed by atoms with van der Waals surface area (Å²) < 4.78 is 0. The molecule has 0 amide bonds. The molecule has 0 aliphatic rings. The quantitative estimate of drug-likeness (QED) is 0.760. The minimum atomic E-state index is 1.06. The molecule has 0 radical (unpaired) electrons. The molecular weight excluding hydrogens is 232 g/mol. The predicted octanol–water partition coefficient (Wildman–Crippen LogP) is 3.00. The summed E-state index contributed by atoms with van der Waals surface area (Å²) in [4.78, 5) is 2.42. The number of benzene rings is 1. The van der Waals surface area contributed by atoms with Gasteiger partial charge >= 0.3 is 0 Å². The van der Waals surface area contributed by atoms with Crippen molar-refractivity contribution in [2.75, 3.05) is 33.2 Å². The normalized spacial score (nSPS) is 11.3. The molecule has 0 aliphatic heterocycles. The number of hydrogen-bond donors (Lipinski definition) is 1. The molecule has 0 saturated carbocycles. The highest BCUT2D eigenvalue weighted by atomic mass is 15.1. The van der Waals surface area contributed by atoms with Gasteiger partial charge in [-0.1, -0.05) is 13.0 Å². The molecule has 1 aromatic carbocycles. The van der Waals surface area contributed by atoms with Crippen molar-refractivity contribution in [2.24, 2.45) is 0 Å². The van der Waals surface area contributed by atoms with Crippen LogP contribution in [-0.4, -0.2) is 38.1 Å². The smallest absolute Gasteiger partial charge is 0.0104 e. The zero-order valence-electron chi connectivity index (χ0n) is 13.6. The Bertz CT molecular complexity index is 384. The van der Waals surface area contributed by atoms with Gasteiger partial charge in [-0.2, -0.15) is 0 Å². The zero-order chi connectivity index (χ0) is 14.4. The number of nitrogens with zero attached hydrogens (tertiary/aromatic N) is 1. The molecule has 2 nitrogen and oxygen atoms in total. The monoisotopic (exact) mass is 262 g/mol. The number of aryl methyl sites for hydroxylation is 2. The van der Waals surface area contributed by atoms with Gasteiger partial charge in [0.15, 0.2) is 0 Å². The van der Waals surface area contributed by atoms with Crippen LogP contribution in [0.5, 0.6) is 0 Å². The number of hydrogen-bond acceptors (Lipinski definition) is 2. The van der Waals surface area contributed by atoms with Crippen LogP contribution in [0.3, 0.4) is 0 Å². The maximum Gasteiger partial charge on any atom is 0.0104 e. The minimum Gasteiger partial charge on any atom is -0.316 e. The van der Waals surface area contributed by atoms with Crippen LogP contribution >= 0.6 is 0 Å². The molecule has 0 aromatic heterocycles. The fourth-order valence-electron chi connectivity index (χ4n) is 2.53. The molecule has 1 aromatic rings. The lowest BCUT2D eigenvalue weighted by atomic mass is 9.92. The third-order valence-electron chi connectivity index (χ3n) is 4.19. The van der Waals surface area contributed by atoms with Crippen molar-refractivity contribution in [2.45, 2.75) is 41.0 Å². The third kappa shape index (κ3) is 4.63. The van der Waals surface area contributed by atoms with Crippen molar-refractivity contribution in [3.05, 3.63) is 33.9 Å². The summed E-state index contributed by atoms with van der Waals surface area (Å²) in [6, 6.07) is 2.31. The summed E-state index contributed by atoms with van der Waals surface area (Å²) in [7, 11) is 2.21. The first-order chi connectivity index (χ1) is 8.97. The Hall–Kier alpha value is -0.860. The third-order valence-corrected chi connectivity index (χ3v) is 4.19. The molecule has 0 saturated heterocycles. The maximum absolute atomic E-state index is 3.38. The fourth-order valence-corrected chi connectivity index (χ4v) is 2.53. The Labute approximate surface area is 119 Å². The van der Waals surface area contributed by atoms with Crippen LogP contribution in [0.2, 0.25) is 0 Å². The van der Waals surface area contributed by atoms with E-state index in [1.54, 1.807) is 5.56 Å². The predicted molar refractivity (Wildman–Crippen MR) is 85.1 cm³/mol. The lowest BCUT2D eigenvalue weighted by Gasteiger charge is -2.20. The molecule has 0 fully saturated rings. The maximum atomic E-state index is 3.38. The van der Waals surface area contributed by atoms with Gasteiger partial charge < -0.3 is 10.2 Å². The van der Waals surface area contributed by atoms with Crippen LogP contribution in [0.1, 0.15) is 34.7 Å². The van der Waals surface area contributed by atoms with Gasteiger partial charge in [-0.05, 0) is 75.5 Å². The Morgan fingerprint density at radius 3 is 2.11 bits per heavy atom. The molecule has 2 heteroatoms. The van der Waals surface area contributed by atoms with E-state index in [9.17, 15) is 0 Å². The van der Waals surface area contributed by atoms with Crippen LogP contribution in [0.4, 0.5) is 0 Å². The van der Waals surface area contributed by atoms with Crippen LogP contribution in [0, 0.1) is 27.7 Å². The zero-order valence-corrected chi connectivity index (χ0v) is 13.6. The molecular formula is C17H30N2. The average molecular weight is 262 g/mol. The standard InChI is InChI=1S/C17H30N2/c1-7-18-9-11-19(6)10-8-17-15(4)13(2)12-14(3)16(17)5/h12,18H,7-11H2,1-6H3. The molecule has 0 spiro atoms. The molecule has 1 rings (SSSR count). The summed E-state index contributed by atoms with van der Waals surface area (Å²) in [5.41, 5.74) is 7.35. The van der Waals surface area contributed by atoms with E-state index in [0.29, 0.717) is 0 Å². The summed E-state index contributed by atoms with van der Waals surface area (Å²) in [6.07, 6.45) is 1.16. The van der Waals surface area contributed by atoms with Crippen LogP contribution < -0.4 is 5.32 Å². The first kappa shape index (κ1) is 16.2. The fraction of sp³-hybridized carbons (Fsp3) is 0.647. The highest BCUT2D eigenvalue weighted by Crippen LogP contribution is 2.22. The van der Waals surface area contributed by atoms with Crippen LogP contribution in [-0.2, 0) is 6.42 Å².